The molecule has 21 heavy (non-hydrogen) atoms. The van der Waals surface area contributed by atoms with E-state index in [1.165, 1.54) is 16.6 Å². The van der Waals surface area contributed by atoms with E-state index in [2.05, 4.69) is 57.3 Å². The van der Waals surface area contributed by atoms with Crippen LogP contribution in [-0.4, -0.2) is 22.9 Å². The van der Waals surface area contributed by atoms with E-state index < -0.39 is 0 Å². The molecule has 2 atom stereocenters. The molecule has 0 aliphatic heterocycles. The molecule has 116 valence electrons. The first-order valence-corrected chi connectivity index (χ1v) is 8.10. The Hall–Kier alpha value is -1.35. The number of benzene rings is 1. The first kappa shape index (κ1) is 16.0. The van der Waals surface area contributed by atoms with Crippen molar-refractivity contribution in [3.63, 3.8) is 0 Å². The van der Waals surface area contributed by atoms with E-state index in [9.17, 15) is 0 Å². The number of aryl methyl sites for hydroxylation is 1. The van der Waals surface area contributed by atoms with Crippen molar-refractivity contribution in [2.75, 3.05) is 13.1 Å². The first-order valence-electron chi connectivity index (χ1n) is 8.10. The zero-order valence-corrected chi connectivity index (χ0v) is 14.1. The molecule has 0 fully saturated rings. The van der Waals surface area contributed by atoms with Crippen LogP contribution in [0.3, 0.4) is 0 Å². The second-order valence-corrected chi connectivity index (χ2v) is 6.80. The number of hydrogen-bond acceptors (Lipinski definition) is 2. The fraction of sp³-hybridized carbons (Fsp3) is 0.611. The molecule has 0 radical (unpaired) electrons. The molecule has 3 heteroatoms. The Balaban J connectivity index is 1.99. The molecule has 0 spiro atoms. The second kappa shape index (κ2) is 7.08. The molecule has 2 aromatic rings. The zero-order chi connectivity index (χ0) is 15.4. The highest BCUT2D eigenvalue weighted by molar-refractivity contribution is 5.81. The van der Waals surface area contributed by atoms with Crippen LogP contribution in [0.1, 0.15) is 33.4 Å². The van der Waals surface area contributed by atoms with E-state index in [0.717, 1.165) is 19.5 Å². The summed E-state index contributed by atoms with van der Waals surface area (Å²) in [6, 6.07) is 8.51. The number of para-hydroxylation sites is 1. The van der Waals surface area contributed by atoms with E-state index in [4.69, 9.17) is 5.10 Å². The van der Waals surface area contributed by atoms with E-state index in [0.29, 0.717) is 17.8 Å². The minimum absolute atomic E-state index is 0.628. The summed E-state index contributed by atoms with van der Waals surface area (Å²) in [7, 11) is 2.03. The minimum Gasteiger partial charge on any atom is -0.316 e. The van der Waals surface area contributed by atoms with Crippen LogP contribution in [-0.2, 0) is 13.5 Å². The summed E-state index contributed by atoms with van der Waals surface area (Å²) in [6.07, 6.45) is 1.05. The Kier molecular flexibility index (Phi) is 5.40. The molecule has 0 amide bonds. The highest BCUT2D eigenvalue weighted by Crippen LogP contribution is 2.23. The summed E-state index contributed by atoms with van der Waals surface area (Å²) >= 11 is 0. The third-order valence-corrected chi connectivity index (χ3v) is 4.34. The van der Waals surface area contributed by atoms with Gasteiger partial charge in [-0.05, 0) is 43.3 Å². The van der Waals surface area contributed by atoms with Crippen LogP contribution in [0, 0.1) is 17.8 Å². The maximum absolute atomic E-state index is 4.72. The van der Waals surface area contributed by atoms with Gasteiger partial charge in [0.1, 0.15) is 0 Å². The Morgan fingerprint density at radius 3 is 2.48 bits per heavy atom. The summed E-state index contributed by atoms with van der Waals surface area (Å²) in [5.41, 5.74) is 2.46. The van der Waals surface area contributed by atoms with Crippen molar-refractivity contribution in [2.24, 2.45) is 24.8 Å². The smallest absolute Gasteiger partial charge is 0.0706 e. The largest absolute Gasteiger partial charge is 0.316 e. The van der Waals surface area contributed by atoms with Gasteiger partial charge in [-0.1, -0.05) is 45.9 Å². The zero-order valence-electron chi connectivity index (χ0n) is 14.1. The standard InChI is InChI=1S/C18H29N3/c1-13(2)11-19-12-15(4)14(3)10-17-16-8-6-7-9-18(16)21(5)20-17/h6-9,13-15,19H,10-12H2,1-5H3. The van der Waals surface area contributed by atoms with Gasteiger partial charge < -0.3 is 5.32 Å². The van der Waals surface area contributed by atoms with Crippen LogP contribution in [0.5, 0.6) is 0 Å². The summed E-state index contributed by atoms with van der Waals surface area (Å²) in [4.78, 5) is 0. The van der Waals surface area contributed by atoms with E-state index in [-0.39, 0.29) is 0 Å². The predicted octanol–water partition coefficient (Wildman–Crippen LogP) is 3.63. The molecule has 0 aliphatic rings. The molecule has 1 heterocycles. The van der Waals surface area contributed by atoms with Crippen molar-refractivity contribution in [3.8, 4) is 0 Å². The number of hydrogen-bond donors (Lipinski definition) is 1. The Morgan fingerprint density at radius 2 is 1.76 bits per heavy atom. The van der Waals surface area contributed by atoms with Gasteiger partial charge in [-0.25, -0.2) is 0 Å². The minimum atomic E-state index is 0.628. The molecule has 0 saturated carbocycles. The Bertz CT molecular complexity index is 571. The second-order valence-electron chi connectivity index (χ2n) is 6.80. The lowest BCUT2D eigenvalue weighted by atomic mass is 9.90. The van der Waals surface area contributed by atoms with Gasteiger partial charge in [-0.2, -0.15) is 5.10 Å². The van der Waals surface area contributed by atoms with Gasteiger partial charge in [0.25, 0.3) is 0 Å². The van der Waals surface area contributed by atoms with Crippen molar-refractivity contribution in [3.05, 3.63) is 30.0 Å². The van der Waals surface area contributed by atoms with Crippen molar-refractivity contribution in [2.45, 2.75) is 34.1 Å². The number of fused-ring (bicyclic) bond motifs is 1. The van der Waals surface area contributed by atoms with Crippen LogP contribution >= 0.6 is 0 Å². The van der Waals surface area contributed by atoms with E-state index in [1.54, 1.807) is 0 Å². The molecule has 1 aromatic heterocycles. The summed E-state index contributed by atoms with van der Waals surface area (Å²) in [5, 5.41) is 9.59. The molecule has 2 unspecified atom stereocenters. The van der Waals surface area contributed by atoms with Crippen LogP contribution in [0.4, 0.5) is 0 Å². The highest BCUT2D eigenvalue weighted by Gasteiger charge is 2.16. The number of nitrogens with one attached hydrogen (secondary N) is 1. The molecular formula is C18H29N3. The summed E-state index contributed by atoms with van der Waals surface area (Å²) < 4.78 is 2.00. The van der Waals surface area contributed by atoms with Gasteiger partial charge in [-0.3, -0.25) is 4.68 Å². The quantitative estimate of drug-likeness (QED) is 0.842. The monoisotopic (exact) mass is 287 g/mol. The van der Waals surface area contributed by atoms with Gasteiger partial charge in [0.2, 0.25) is 0 Å². The van der Waals surface area contributed by atoms with Crippen molar-refractivity contribution < 1.29 is 0 Å². The summed E-state index contributed by atoms with van der Waals surface area (Å²) in [5.74, 6) is 2.00. The van der Waals surface area contributed by atoms with Crippen LogP contribution in [0.15, 0.2) is 24.3 Å². The highest BCUT2D eigenvalue weighted by atomic mass is 15.3. The van der Waals surface area contributed by atoms with Crippen LogP contribution in [0.25, 0.3) is 10.9 Å². The van der Waals surface area contributed by atoms with Gasteiger partial charge in [0.15, 0.2) is 0 Å². The van der Waals surface area contributed by atoms with Crippen molar-refractivity contribution in [1.82, 2.24) is 15.1 Å². The van der Waals surface area contributed by atoms with E-state index in [1.807, 2.05) is 11.7 Å². The van der Waals surface area contributed by atoms with Gasteiger partial charge in [0, 0.05) is 12.4 Å². The molecule has 1 aromatic carbocycles. The summed E-state index contributed by atoms with van der Waals surface area (Å²) in [6.45, 7) is 11.4. The molecule has 1 N–H and O–H groups in total. The van der Waals surface area contributed by atoms with Crippen molar-refractivity contribution in [1.29, 1.82) is 0 Å². The lowest BCUT2D eigenvalue weighted by molar-refractivity contribution is 0.355. The molecule has 0 saturated heterocycles. The molecule has 3 nitrogen and oxygen atoms in total. The average Bonchev–Trinajstić information content (AvgIpc) is 2.75. The first-order chi connectivity index (χ1) is 9.99. The predicted molar refractivity (Wildman–Crippen MR) is 90.5 cm³/mol. The third kappa shape index (κ3) is 4.07. The average molecular weight is 287 g/mol. The molecule has 0 bridgehead atoms. The third-order valence-electron chi connectivity index (χ3n) is 4.34. The maximum atomic E-state index is 4.72. The van der Waals surface area contributed by atoms with Gasteiger partial charge in [-0.15, -0.1) is 0 Å². The lowest BCUT2D eigenvalue weighted by Crippen LogP contribution is -2.29. The maximum Gasteiger partial charge on any atom is 0.0706 e. The van der Waals surface area contributed by atoms with Crippen LogP contribution < -0.4 is 5.32 Å². The number of aromatic nitrogens is 2. The topological polar surface area (TPSA) is 29.9 Å². The molecule has 0 aliphatic carbocycles. The van der Waals surface area contributed by atoms with Crippen molar-refractivity contribution >= 4 is 10.9 Å². The van der Waals surface area contributed by atoms with Gasteiger partial charge >= 0.3 is 0 Å². The number of rotatable bonds is 7. The number of nitrogens with zero attached hydrogens (tertiary/aromatic N) is 2. The van der Waals surface area contributed by atoms with E-state index >= 15 is 0 Å². The van der Waals surface area contributed by atoms with Gasteiger partial charge in [0.05, 0.1) is 11.2 Å². The SMILES string of the molecule is CC(C)CNCC(C)C(C)Cc1nn(C)c2ccccc12. The lowest BCUT2D eigenvalue weighted by Gasteiger charge is -2.20. The normalized spacial score (nSPS) is 14.8. The fourth-order valence-electron chi connectivity index (χ4n) is 2.75. The fourth-order valence-corrected chi connectivity index (χ4v) is 2.75. The Morgan fingerprint density at radius 1 is 1.05 bits per heavy atom. The Labute approximate surface area is 128 Å². The van der Waals surface area contributed by atoms with Crippen LogP contribution in [0.2, 0.25) is 0 Å². The molecule has 2 rings (SSSR count). The molecular weight excluding hydrogens is 258 g/mol.